The van der Waals surface area contributed by atoms with Crippen LogP contribution < -0.4 is 0 Å². The quantitative estimate of drug-likeness (QED) is 0.167. The Bertz CT molecular complexity index is 3000. The van der Waals surface area contributed by atoms with Crippen LogP contribution in [0.1, 0.15) is 38.1 Å². The summed E-state index contributed by atoms with van der Waals surface area (Å²) in [5.41, 5.74) is 12.0. The summed E-state index contributed by atoms with van der Waals surface area (Å²) in [5, 5.41) is 6.05. The molecule has 0 fully saturated rings. The Hall–Kier alpha value is -6.49. The molecule has 0 aliphatic heterocycles. The molecular formula is C51H43N3S. The number of fused-ring (bicyclic) bond motifs is 8. The lowest BCUT2D eigenvalue weighted by molar-refractivity contribution is 1.14. The summed E-state index contributed by atoms with van der Waals surface area (Å²) in [6.07, 6.45) is 3.86. The number of pyridine rings is 1. The SMILES string of the molecule is C=Cc1sc2ccc(-c3cc(-n4c5ccccc5c5ccc6c7ccccc7n(-c7ccccc7)c6c54)cc(-c4ccccc4)n3)cc2c1C=C.CC.CC. The minimum Gasteiger partial charge on any atom is -0.307 e. The second-order valence-corrected chi connectivity index (χ2v) is 13.9. The first kappa shape index (κ1) is 35.5. The summed E-state index contributed by atoms with van der Waals surface area (Å²) in [6.45, 7) is 16.2. The minimum absolute atomic E-state index is 0.913. The highest BCUT2D eigenvalue weighted by Crippen LogP contribution is 2.43. The van der Waals surface area contributed by atoms with Crippen LogP contribution in [0.25, 0.3) is 99.7 Å². The maximum absolute atomic E-state index is 5.33. The van der Waals surface area contributed by atoms with Crippen molar-refractivity contribution in [1.29, 1.82) is 0 Å². The number of nitrogens with zero attached hydrogens (tertiary/aromatic N) is 3. The molecule has 0 N–H and O–H groups in total. The summed E-state index contributed by atoms with van der Waals surface area (Å²) in [7, 11) is 0. The summed E-state index contributed by atoms with van der Waals surface area (Å²) in [5.74, 6) is 0. The third kappa shape index (κ3) is 5.87. The first-order chi connectivity index (χ1) is 27.2. The molecule has 0 saturated carbocycles. The fourth-order valence-electron chi connectivity index (χ4n) is 7.82. The fourth-order valence-corrected chi connectivity index (χ4v) is 8.86. The summed E-state index contributed by atoms with van der Waals surface area (Å²) in [6, 6.07) is 54.5. The van der Waals surface area contributed by atoms with Crippen molar-refractivity contribution in [3.8, 4) is 33.9 Å². The number of aromatic nitrogens is 3. The van der Waals surface area contributed by atoms with Gasteiger partial charge in [-0.15, -0.1) is 11.3 Å². The smallest absolute Gasteiger partial charge is 0.0788 e. The van der Waals surface area contributed by atoms with Gasteiger partial charge in [-0.1, -0.05) is 156 Å². The molecule has 3 nitrogen and oxygen atoms in total. The van der Waals surface area contributed by atoms with Crippen molar-refractivity contribution < 1.29 is 0 Å². The van der Waals surface area contributed by atoms with E-state index in [4.69, 9.17) is 4.98 Å². The predicted octanol–water partition coefficient (Wildman–Crippen LogP) is 15.2. The fraction of sp³-hybridized carbons (Fsp3) is 0.0784. The lowest BCUT2D eigenvalue weighted by atomic mass is 10.0. The first-order valence-electron chi connectivity index (χ1n) is 19.1. The highest BCUT2D eigenvalue weighted by atomic mass is 32.1. The van der Waals surface area contributed by atoms with Crippen molar-refractivity contribution in [3.05, 3.63) is 175 Å². The maximum atomic E-state index is 5.33. The van der Waals surface area contributed by atoms with E-state index >= 15 is 0 Å². The molecule has 0 saturated heterocycles. The van der Waals surface area contributed by atoms with E-state index in [1.807, 2.05) is 39.8 Å². The standard InChI is InChI=1S/C47H31N3S.2C2H6/c1-3-34-39-27-31(23-26-45(39)51-44(34)4-2)41-29-33(28-40(48-41)30-15-7-5-8-16-30)50-43-22-14-12-20-36(43)38-25-24-37-35-19-11-13-21-42(35)49(46(37)47(38)50)32-17-9-6-10-18-32;2*1-2/h3-29H,1-2H2;2*1-2H3. The summed E-state index contributed by atoms with van der Waals surface area (Å²) >= 11 is 1.74. The van der Waals surface area contributed by atoms with Gasteiger partial charge >= 0.3 is 0 Å². The number of hydrogen-bond donors (Lipinski definition) is 0. The van der Waals surface area contributed by atoms with Gasteiger partial charge < -0.3 is 9.13 Å². The van der Waals surface area contributed by atoms with Gasteiger partial charge in [0.1, 0.15) is 0 Å². The second-order valence-electron chi connectivity index (χ2n) is 12.9. The van der Waals surface area contributed by atoms with Crippen molar-refractivity contribution in [2.24, 2.45) is 0 Å². The molecular weight excluding hydrogens is 687 g/mol. The summed E-state index contributed by atoms with van der Waals surface area (Å²) < 4.78 is 6.10. The van der Waals surface area contributed by atoms with E-state index in [0.29, 0.717) is 0 Å². The predicted molar refractivity (Wildman–Crippen MR) is 242 cm³/mol. The van der Waals surface area contributed by atoms with Crippen molar-refractivity contribution in [2.45, 2.75) is 27.7 Å². The van der Waals surface area contributed by atoms with E-state index in [0.717, 1.165) is 49.8 Å². The molecule has 0 spiro atoms. The van der Waals surface area contributed by atoms with Crippen LogP contribution in [0, 0.1) is 0 Å². The maximum Gasteiger partial charge on any atom is 0.0788 e. The second kappa shape index (κ2) is 15.1. The van der Waals surface area contributed by atoms with Crippen molar-refractivity contribution in [3.63, 3.8) is 0 Å². The van der Waals surface area contributed by atoms with Gasteiger partial charge in [-0.3, -0.25) is 0 Å². The topological polar surface area (TPSA) is 22.8 Å². The van der Waals surface area contributed by atoms with Crippen LogP contribution in [-0.2, 0) is 0 Å². The van der Waals surface area contributed by atoms with Crippen LogP contribution in [0.5, 0.6) is 0 Å². The molecule has 4 heteroatoms. The lowest BCUT2D eigenvalue weighted by Gasteiger charge is -2.15. The van der Waals surface area contributed by atoms with Gasteiger partial charge in [-0.25, -0.2) is 4.98 Å². The highest BCUT2D eigenvalue weighted by molar-refractivity contribution is 7.20. The van der Waals surface area contributed by atoms with E-state index in [-0.39, 0.29) is 0 Å². The van der Waals surface area contributed by atoms with Crippen LogP contribution >= 0.6 is 11.3 Å². The number of para-hydroxylation sites is 3. The first-order valence-corrected chi connectivity index (χ1v) is 19.9. The van der Waals surface area contributed by atoms with E-state index in [9.17, 15) is 0 Å². The Morgan fingerprint density at radius 3 is 1.58 bits per heavy atom. The average molecular weight is 730 g/mol. The van der Waals surface area contributed by atoms with Crippen LogP contribution in [-0.4, -0.2) is 14.1 Å². The minimum atomic E-state index is 0.913. The number of rotatable bonds is 6. The monoisotopic (exact) mass is 729 g/mol. The molecule has 0 radical (unpaired) electrons. The molecule has 0 aliphatic rings. The number of thiophene rings is 1. The molecule has 6 aromatic carbocycles. The molecule has 0 aliphatic carbocycles. The van der Waals surface area contributed by atoms with Crippen LogP contribution in [0.4, 0.5) is 0 Å². The van der Waals surface area contributed by atoms with Gasteiger partial charge in [0.2, 0.25) is 0 Å². The van der Waals surface area contributed by atoms with Crippen molar-refractivity contribution in [2.75, 3.05) is 0 Å². The molecule has 0 unspecified atom stereocenters. The largest absolute Gasteiger partial charge is 0.307 e. The molecule has 10 rings (SSSR count). The van der Waals surface area contributed by atoms with E-state index in [1.54, 1.807) is 11.3 Å². The Kier molecular flexibility index (Phi) is 9.75. The van der Waals surface area contributed by atoms with E-state index in [1.165, 1.54) is 48.2 Å². The van der Waals surface area contributed by atoms with Gasteiger partial charge in [-0.2, -0.15) is 0 Å². The zero-order valence-electron chi connectivity index (χ0n) is 31.8. The lowest BCUT2D eigenvalue weighted by Crippen LogP contribution is -2.00. The van der Waals surface area contributed by atoms with Crippen molar-refractivity contribution in [1.82, 2.24) is 14.1 Å². The van der Waals surface area contributed by atoms with Gasteiger partial charge in [0.05, 0.1) is 39.1 Å². The van der Waals surface area contributed by atoms with Crippen LogP contribution in [0.2, 0.25) is 0 Å². The molecule has 0 bridgehead atoms. The number of benzene rings is 6. The Morgan fingerprint density at radius 1 is 0.473 bits per heavy atom. The van der Waals surface area contributed by atoms with Gasteiger partial charge in [-0.05, 0) is 54.1 Å². The molecule has 0 amide bonds. The van der Waals surface area contributed by atoms with Crippen molar-refractivity contribution >= 4 is 77.2 Å². The molecule has 4 aromatic heterocycles. The van der Waals surface area contributed by atoms with Crippen LogP contribution in [0.3, 0.4) is 0 Å². The highest BCUT2D eigenvalue weighted by Gasteiger charge is 2.22. The molecule has 10 aromatic rings. The molecule has 0 atom stereocenters. The number of hydrogen-bond acceptors (Lipinski definition) is 2. The van der Waals surface area contributed by atoms with Gasteiger partial charge in [0.25, 0.3) is 0 Å². The Labute approximate surface area is 326 Å². The zero-order chi connectivity index (χ0) is 38.1. The Morgan fingerprint density at radius 2 is 1.00 bits per heavy atom. The van der Waals surface area contributed by atoms with E-state index < -0.39 is 0 Å². The third-order valence-electron chi connectivity index (χ3n) is 10.1. The molecule has 268 valence electrons. The van der Waals surface area contributed by atoms with Gasteiger partial charge in [0, 0.05) is 53.3 Å². The normalized spacial score (nSPS) is 11.1. The van der Waals surface area contributed by atoms with Crippen LogP contribution in [0.15, 0.2) is 165 Å². The molecule has 55 heavy (non-hydrogen) atoms. The Balaban J connectivity index is 0.00000104. The van der Waals surface area contributed by atoms with Gasteiger partial charge in [0.15, 0.2) is 0 Å². The average Bonchev–Trinajstić information content (AvgIpc) is 3.92. The van der Waals surface area contributed by atoms with E-state index in [2.05, 4.69) is 174 Å². The summed E-state index contributed by atoms with van der Waals surface area (Å²) in [4.78, 5) is 6.47. The zero-order valence-corrected chi connectivity index (χ0v) is 32.6. The molecule has 4 heterocycles. The third-order valence-corrected chi connectivity index (χ3v) is 11.2.